The Hall–Kier alpha value is -2.08. The van der Waals surface area contributed by atoms with Crippen LogP contribution >= 0.6 is 0 Å². The van der Waals surface area contributed by atoms with Crippen molar-refractivity contribution in [3.05, 3.63) is 29.7 Å². The molecule has 0 aliphatic carbocycles. The third-order valence-electron chi connectivity index (χ3n) is 2.41. The number of aromatic nitrogens is 2. The van der Waals surface area contributed by atoms with Gasteiger partial charge in [0.2, 0.25) is 0 Å². The zero-order valence-corrected chi connectivity index (χ0v) is 10.6. The maximum atomic E-state index is 11.7. The summed E-state index contributed by atoms with van der Waals surface area (Å²) in [5.74, 6) is 1.11. The number of carbonyl (C=O) groups excluding carboxylic acids is 1. The summed E-state index contributed by atoms with van der Waals surface area (Å²) in [6.07, 6.45) is 0. The number of hydroxylamine groups is 1. The van der Waals surface area contributed by atoms with Crippen LogP contribution in [0, 0.1) is 6.92 Å². The molecule has 0 radical (unpaired) electrons. The standard InChI is InChI=1S/C12H15N3O3/c1-4-17-14-12(16)10-7-9(13-15(10)3)11-6-5-8(2)18-11/h5-7H,4H2,1-3H3,(H,14,16). The average Bonchev–Trinajstić information content (AvgIpc) is 2.92. The van der Waals surface area contributed by atoms with Crippen molar-refractivity contribution in [1.82, 2.24) is 15.3 Å². The highest BCUT2D eigenvalue weighted by molar-refractivity contribution is 5.92. The lowest BCUT2D eigenvalue weighted by molar-refractivity contribution is 0.0356. The van der Waals surface area contributed by atoms with Gasteiger partial charge in [0.1, 0.15) is 17.1 Å². The Balaban J connectivity index is 2.24. The zero-order chi connectivity index (χ0) is 13.1. The molecule has 0 atom stereocenters. The summed E-state index contributed by atoms with van der Waals surface area (Å²) in [6.45, 7) is 4.06. The Kier molecular flexibility index (Phi) is 3.47. The van der Waals surface area contributed by atoms with E-state index in [4.69, 9.17) is 9.25 Å². The number of amides is 1. The Morgan fingerprint density at radius 2 is 2.33 bits per heavy atom. The fourth-order valence-corrected chi connectivity index (χ4v) is 1.56. The highest BCUT2D eigenvalue weighted by Gasteiger charge is 2.15. The number of hydrogen-bond donors (Lipinski definition) is 1. The van der Waals surface area contributed by atoms with Crippen molar-refractivity contribution in [3.63, 3.8) is 0 Å². The second-order valence-corrected chi connectivity index (χ2v) is 3.81. The summed E-state index contributed by atoms with van der Waals surface area (Å²) >= 11 is 0. The van der Waals surface area contributed by atoms with Gasteiger partial charge in [-0.3, -0.25) is 14.3 Å². The van der Waals surface area contributed by atoms with Gasteiger partial charge in [-0.05, 0) is 26.0 Å². The molecule has 2 aromatic heterocycles. The molecule has 0 aliphatic rings. The Bertz CT molecular complexity index is 557. The van der Waals surface area contributed by atoms with E-state index in [1.807, 2.05) is 19.1 Å². The van der Waals surface area contributed by atoms with E-state index in [1.165, 1.54) is 4.68 Å². The first-order valence-corrected chi connectivity index (χ1v) is 5.64. The average molecular weight is 249 g/mol. The molecule has 96 valence electrons. The number of furan rings is 1. The molecule has 0 fully saturated rings. The molecular formula is C12H15N3O3. The van der Waals surface area contributed by atoms with Crippen LogP contribution in [0.4, 0.5) is 0 Å². The second-order valence-electron chi connectivity index (χ2n) is 3.81. The minimum atomic E-state index is -0.332. The van der Waals surface area contributed by atoms with Crippen LogP contribution in [0.25, 0.3) is 11.5 Å². The molecule has 0 saturated heterocycles. The number of hydrogen-bond acceptors (Lipinski definition) is 4. The van der Waals surface area contributed by atoms with E-state index in [-0.39, 0.29) is 5.91 Å². The second kappa shape index (κ2) is 5.05. The van der Waals surface area contributed by atoms with Gasteiger partial charge in [0.25, 0.3) is 5.91 Å². The molecule has 0 bridgehead atoms. The molecule has 0 spiro atoms. The molecule has 1 N–H and O–H groups in total. The maximum Gasteiger partial charge on any atom is 0.293 e. The Morgan fingerprint density at radius 3 is 2.94 bits per heavy atom. The largest absolute Gasteiger partial charge is 0.460 e. The normalized spacial score (nSPS) is 10.6. The third kappa shape index (κ3) is 2.43. The first-order valence-electron chi connectivity index (χ1n) is 5.64. The molecule has 2 aromatic rings. The molecule has 6 heteroatoms. The molecule has 2 rings (SSSR count). The fourth-order valence-electron chi connectivity index (χ4n) is 1.56. The number of nitrogens with zero attached hydrogens (tertiary/aromatic N) is 2. The lowest BCUT2D eigenvalue weighted by Crippen LogP contribution is -2.25. The molecule has 6 nitrogen and oxygen atoms in total. The predicted octanol–water partition coefficient (Wildman–Crippen LogP) is 1.67. The summed E-state index contributed by atoms with van der Waals surface area (Å²) in [5.41, 5.74) is 3.36. The van der Waals surface area contributed by atoms with Gasteiger partial charge >= 0.3 is 0 Å². The topological polar surface area (TPSA) is 69.3 Å². The number of aryl methyl sites for hydroxylation is 2. The van der Waals surface area contributed by atoms with Crippen molar-refractivity contribution in [2.75, 3.05) is 6.61 Å². The molecule has 2 heterocycles. The first kappa shape index (κ1) is 12.4. The lowest BCUT2D eigenvalue weighted by atomic mass is 10.3. The molecule has 0 aromatic carbocycles. The van der Waals surface area contributed by atoms with E-state index in [1.54, 1.807) is 20.0 Å². The van der Waals surface area contributed by atoms with Crippen molar-refractivity contribution in [2.24, 2.45) is 7.05 Å². The highest BCUT2D eigenvalue weighted by Crippen LogP contribution is 2.21. The minimum Gasteiger partial charge on any atom is -0.460 e. The van der Waals surface area contributed by atoms with Crippen molar-refractivity contribution in [3.8, 4) is 11.5 Å². The molecule has 0 unspecified atom stereocenters. The summed E-state index contributed by atoms with van der Waals surface area (Å²) in [6, 6.07) is 5.33. The first-order chi connectivity index (χ1) is 8.61. The maximum absolute atomic E-state index is 11.7. The van der Waals surface area contributed by atoms with Crippen LogP contribution in [0.2, 0.25) is 0 Å². The SMILES string of the molecule is CCONC(=O)c1cc(-c2ccc(C)o2)nn1C. The van der Waals surface area contributed by atoms with E-state index < -0.39 is 0 Å². The van der Waals surface area contributed by atoms with Gasteiger partial charge < -0.3 is 4.42 Å². The zero-order valence-electron chi connectivity index (χ0n) is 10.6. The fraction of sp³-hybridized carbons (Fsp3) is 0.333. The quantitative estimate of drug-likeness (QED) is 0.837. The van der Waals surface area contributed by atoms with Gasteiger partial charge in [0, 0.05) is 13.1 Å². The molecule has 0 aliphatic heterocycles. The van der Waals surface area contributed by atoms with Crippen molar-refractivity contribution in [2.45, 2.75) is 13.8 Å². The van der Waals surface area contributed by atoms with Gasteiger partial charge in [0.05, 0.1) is 6.61 Å². The number of rotatable bonds is 4. The number of carbonyl (C=O) groups is 1. The van der Waals surface area contributed by atoms with Crippen molar-refractivity contribution >= 4 is 5.91 Å². The summed E-state index contributed by atoms with van der Waals surface area (Å²) in [4.78, 5) is 16.6. The third-order valence-corrected chi connectivity index (χ3v) is 2.41. The van der Waals surface area contributed by atoms with Crippen LogP contribution in [0.3, 0.4) is 0 Å². The van der Waals surface area contributed by atoms with Crippen LogP contribution in [0.1, 0.15) is 23.2 Å². The van der Waals surface area contributed by atoms with Crippen LogP contribution < -0.4 is 5.48 Å². The molecule has 1 amide bonds. The monoisotopic (exact) mass is 249 g/mol. The van der Waals surface area contributed by atoms with Crippen LogP contribution in [-0.4, -0.2) is 22.3 Å². The molecular weight excluding hydrogens is 234 g/mol. The Labute approximate surface area is 104 Å². The van der Waals surface area contributed by atoms with E-state index >= 15 is 0 Å². The minimum absolute atomic E-state index is 0.332. The predicted molar refractivity (Wildman–Crippen MR) is 64.7 cm³/mol. The summed E-state index contributed by atoms with van der Waals surface area (Å²) in [7, 11) is 1.69. The molecule has 18 heavy (non-hydrogen) atoms. The highest BCUT2D eigenvalue weighted by atomic mass is 16.6. The number of nitrogens with one attached hydrogen (secondary N) is 1. The van der Waals surface area contributed by atoms with Gasteiger partial charge in [-0.1, -0.05) is 0 Å². The summed E-state index contributed by atoms with van der Waals surface area (Å²) in [5, 5.41) is 4.23. The van der Waals surface area contributed by atoms with Crippen LogP contribution in [-0.2, 0) is 11.9 Å². The van der Waals surface area contributed by atoms with E-state index in [2.05, 4.69) is 10.6 Å². The Morgan fingerprint density at radius 1 is 1.56 bits per heavy atom. The smallest absolute Gasteiger partial charge is 0.293 e. The van der Waals surface area contributed by atoms with E-state index in [9.17, 15) is 4.79 Å². The van der Waals surface area contributed by atoms with E-state index in [0.717, 1.165) is 5.76 Å². The van der Waals surface area contributed by atoms with Crippen LogP contribution in [0.5, 0.6) is 0 Å². The lowest BCUT2D eigenvalue weighted by Gasteiger charge is -2.02. The van der Waals surface area contributed by atoms with Gasteiger partial charge in [-0.2, -0.15) is 5.10 Å². The van der Waals surface area contributed by atoms with Gasteiger partial charge in [0.15, 0.2) is 5.76 Å². The van der Waals surface area contributed by atoms with Crippen molar-refractivity contribution in [1.29, 1.82) is 0 Å². The molecule has 0 saturated carbocycles. The van der Waals surface area contributed by atoms with E-state index in [0.29, 0.717) is 23.8 Å². The summed E-state index contributed by atoms with van der Waals surface area (Å²) < 4.78 is 6.95. The van der Waals surface area contributed by atoms with Gasteiger partial charge in [-0.15, -0.1) is 0 Å². The van der Waals surface area contributed by atoms with Gasteiger partial charge in [-0.25, -0.2) is 5.48 Å². The van der Waals surface area contributed by atoms with Crippen LogP contribution in [0.15, 0.2) is 22.6 Å². The van der Waals surface area contributed by atoms with Crippen molar-refractivity contribution < 1.29 is 14.0 Å².